The molecule has 0 radical (unpaired) electrons. The Morgan fingerprint density at radius 1 is 0.312 bits per heavy atom. The summed E-state index contributed by atoms with van der Waals surface area (Å²) in [4.78, 5) is 133. The summed E-state index contributed by atoms with van der Waals surface area (Å²) >= 11 is 0. The lowest BCUT2D eigenvalue weighted by molar-refractivity contribution is 0.0425. The monoisotopic (exact) mass is 1070 g/mol. The highest BCUT2D eigenvalue weighted by Gasteiger charge is 2.34. The number of hydrogen-bond donors (Lipinski definition) is 0. The van der Waals surface area contributed by atoms with Crippen molar-refractivity contribution >= 4 is 71.4 Å². The molecule has 0 bridgehead atoms. The summed E-state index contributed by atoms with van der Waals surface area (Å²) in [6.45, 7) is 15.0. The lowest BCUT2D eigenvalue weighted by Gasteiger charge is -2.21. The molecule has 0 saturated heterocycles. The SMILES string of the molecule is C=C1OC(=O)c2cc(C(=O)Oc3c(C)cc(-c4cc(C)c(OC(=O)c5ccc6c(c5)C(=O)OC6=O)c(C)c4C)c(C)c3C)ccc21.O=C(Oc1ccc(OC(=O)c2ccc3c(c2)C(=O)OC3=O)cc1)c1ccc2c(c1)C(=O)OC2=O. The van der Waals surface area contributed by atoms with Gasteiger partial charge in [0.05, 0.1) is 61.2 Å². The summed E-state index contributed by atoms with van der Waals surface area (Å²) in [5.74, 6) is -6.86. The van der Waals surface area contributed by atoms with Crippen molar-refractivity contribution in [2.75, 3.05) is 0 Å². The normalized spacial score (nSPS) is 13.4. The minimum absolute atomic E-state index is 0.0223. The Hall–Kier alpha value is -11.0. The van der Waals surface area contributed by atoms with Crippen molar-refractivity contribution in [2.24, 2.45) is 0 Å². The third-order valence-corrected chi connectivity index (χ3v) is 13.6. The summed E-state index contributed by atoms with van der Waals surface area (Å²) in [6.07, 6.45) is 0. The Balaban J connectivity index is 0.000000188. The summed E-state index contributed by atoms with van der Waals surface area (Å²) in [5.41, 5.74) is 8.05. The number of fused-ring (bicyclic) bond motifs is 4. The molecule has 0 saturated carbocycles. The molecule has 4 aliphatic rings. The first-order valence-electron chi connectivity index (χ1n) is 24.0. The van der Waals surface area contributed by atoms with Crippen molar-refractivity contribution in [3.05, 3.63) is 216 Å². The second-order valence-electron chi connectivity index (χ2n) is 18.6. The molecule has 0 aliphatic carbocycles. The van der Waals surface area contributed by atoms with E-state index in [0.29, 0.717) is 22.6 Å². The summed E-state index contributed by atoms with van der Waals surface area (Å²) in [5, 5.41) is 0. The van der Waals surface area contributed by atoms with Gasteiger partial charge >= 0.3 is 65.7 Å². The highest BCUT2D eigenvalue weighted by molar-refractivity contribution is 6.17. The highest BCUT2D eigenvalue weighted by Crippen LogP contribution is 2.41. The highest BCUT2D eigenvalue weighted by atomic mass is 16.6. The summed E-state index contributed by atoms with van der Waals surface area (Å²) in [6, 6.07) is 25.8. The number of aryl methyl sites for hydroxylation is 2. The van der Waals surface area contributed by atoms with Gasteiger partial charge in [0.1, 0.15) is 28.8 Å². The van der Waals surface area contributed by atoms with Gasteiger partial charge in [-0.3, -0.25) is 0 Å². The van der Waals surface area contributed by atoms with Crippen LogP contribution in [0.1, 0.15) is 153 Å². The molecule has 0 amide bonds. The zero-order valence-electron chi connectivity index (χ0n) is 42.9. The van der Waals surface area contributed by atoms with Crippen molar-refractivity contribution in [1.29, 1.82) is 0 Å². The fourth-order valence-corrected chi connectivity index (χ4v) is 9.14. The number of carbonyl (C=O) groups excluding carboxylic acids is 11. The Bertz CT molecular complexity index is 3820. The molecule has 0 N–H and O–H groups in total. The molecule has 19 heteroatoms. The van der Waals surface area contributed by atoms with E-state index < -0.39 is 65.7 Å². The average Bonchev–Trinajstić information content (AvgIpc) is 4.20. The summed E-state index contributed by atoms with van der Waals surface area (Å²) in [7, 11) is 0. The van der Waals surface area contributed by atoms with E-state index in [1.165, 1.54) is 84.9 Å². The quantitative estimate of drug-likeness (QED) is 0.0563. The van der Waals surface area contributed by atoms with Crippen molar-refractivity contribution in [1.82, 2.24) is 0 Å². The number of esters is 11. The van der Waals surface area contributed by atoms with E-state index in [9.17, 15) is 52.7 Å². The van der Waals surface area contributed by atoms with Gasteiger partial charge in [-0.25, -0.2) is 52.7 Å². The Morgan fingerprint density at radius 2 is 0.588 bits per heavy atom. The number of rotatable bonds is 9. The lowest BCUT2D eigenvalue weighted by atomic mass is 9.88. The van der Waals surface area contributed by atoms with Crippen LogP contribution >= 0.6 is 0 Å². The Morgan fingerprint density at radius 3 is 0.925 bits per heavy atom. The predicted octanol–water partition coefficient (Wildman–Crippen LogP) is 9.84. The zero-order chi connectivity index (χ0) is 57.2. The molecule has 7 aromatic carbocycles. The minimum Gasteiger partial charge on any atom is -0.423 e. The first-order valence-corrected chi connectivity index (χ1v) is 24.0. The predicted molar refractivity (Wildman–Crippen MR) is 276 cm³/mol. The molecule has 80 heavy (non-hydrogen) atoms. The van der Waals surface area contributed by atoms with Gasteiger partial charge in [-0.15, -0.1) is 0 Å². The third-order valence-electron chi connectivity index (χ3n) is 13.6. The van der Waals surface area contributed by atoms with Crippen LogP contribution < -0.4 is 18.9 Å². The molecular formula is C61H38O19. The maximum Gasteiger partial charge on any atom is 0.346 e. The van der Waals surface area contributed by atoms with Crippen LogP contribution in [0.15, 0.2) is 116 Å². The minimum atomic E-state index is -0.840. The molecule has 396 valence electrons. The van der Waals surface area contributed by atoms with E-state index in [0.717, 1.165) is 38.9 Å². The number of ether oxygens (including phenoxy) is 8. The molecule has 0 atom stereocenters. The first kappa shape index (κ1) is 52.5. The van der Waals surface area contributed by atoms with Gasteiger partial charge in [0.15, 0.2) is 0 Å². The van der Waals surface area contributed by atoms with Crippen molar-refractivity contribution < 1.29 is 90.6 Å². The van der Waals surface area contributed by atoms with Crippen molar-refractivity contribution in [3.63, 3.8) is 0 Å². The second kappa shape index (κ2) is 20.2. The molecule has 4 aliphatic heterocycles. The smallest absolute Gasteiger partial charge is 0.346 e. The lowest BCUT2D eigenvalue weighted by Crippen LogP contribution is -2.13. The number of cyclic esters (lactones) is 7. The van der Waals surface area contributed by atoms with Gasteiger partial charge in [-0.2, -0.15) is 0 Å². The van der Waals surface area contributed by atoms with Crippen LogP contribution in [0.3, 0.4) is 0 Å². The number of carbonyl (C=O) groups is 11. The Labute approximate surface area is 452 Å². The fraction of sp³-hybridized carbons (Fsp3) is 0.0984. The van der Waals surface area contributed by atoms with Crippen LogP contribution in [0.4, 0.5) is 0 Å². The molecule has 0 unspecified atom stereocenters. The maximum atomic E-state index is 13.2. The van der Waals surface area contributed by atoms with Crippen molar-refractivity contribution in [2.45, 2.75) is 41.5 Å². The van der Waals surface area contributed by atoms with Gasteiger partial charge in [0.25, 0.3) is 0 Å². The van der Waals surface area contributed by atoms with Crippen LogP contribution in [0.5, 0.6) is 23.0 Å². The largest absolute Gasteiger partial charge is 0.423 e. The van der Waals surface area contributed by atoms with Crippen LogP contribution in [0.2, 0.25) is 0 Å². The van der Waals surface area contributed by atoms with E-state index in [2.05, 4.69) is 20.8 Å². The molecule has 0 spiro atoms. The van der Waals surface area contributed by atoms with Crippen molar-refractivity contribution in [3.8, 4) is 34.1 Å². The number of benzene rings is 7. The Kier molecular flexibility index (Phi) is 13.3. The number of hydrogen-bond acceptors (Lipinski definition) is 19. The van der Waals surface area contributed by atoms with Crippen LogP contribution in [-0.2, 0) is 18.9 Å². The molecule has 19 nitrogen and oxygen atoms in total. The van der Waals surface area contributed by atoms with E-state index in [-0.39, 0.29) is 78.5 Å². The molecule has 11 rings (SSSR count). The van der Waals surface area contributed by atoms with Crippen LogP contribution in [0, 0.1) is 41.5 Å². The van der Waals surface area contributed by atoms with Gasteiger partial charge in [0.2, 0.25) is 0 Å². The second-order valence-corrected chi connectivity index (χ2v) is 18.6. The van der Waals surface area contributed by atoms with E-state index in [1.54, 1.807) is 12.1 Å². The van der Waals surface area contributed by atoms with E-state index >= 15 is 0 Å². The molecule has 7 aromatic rings. The van der Waals surface area contributed by atoms with Crippen LogP contribution in [0.25, 0.3) is 16.9 Å². The third kappa shape index (κ3) is 9.55. The maximum absolute atomic E-state index is 13.2. The molecule has 4 heterocycles. The van der Waals surface area contributed by atoms with Crippen LogP contribution in [-0.4, -0.2) is 65.7 Å². The van der Waals surface area contributed by atoms with Gasteiger partial charge in [-0.05, 0) is 195 Å². The molecule has 0 aromatic heterocycles. The standard InChI is InChI=1S/C37H28O9.C24H10O10/c1-16-12-27(18(3)20(5)31(16)44-33(38)23-8-10-25-22(7)43-36(41)29(25)14-23)28-13-17(2)32(21(6)19(28)4)45-34(39)24-9-11-26-30(15-24)37(42)46-35(26)40;25-19(11-1-7-15-17(9-11)23(29)33-21(15)27)31-13-3-5-14(6-4-13)32-20(26)12-2-8-16-18(10-12)24(30)34-22(16)28/h8-15H,7H2,1-6H3;1-10H. The van der Waals surface area contributed by atoms with E-state index in [1.807, 2.05) is 53.7 Å². The zero-order valence-corrected chi connectivity index (χ0v) is 42.9. The van der Waals surface area contributed by atoms with Gasteiger partial charge < -0.3 is 37.9 Å². The topological polar surface area (TPSA) is 262 Å². The van der Waals surface area contributed by atoms with Gasteiger partial charge in [0, 0.05) is 5.56 Å². The van der Waals surface area contributed by atoms with Gasteiger partial charge in [-0.1, -0.05) is 6.58 Å². The van der Waals surface area contributed by atoms with E-state index in [4.69, 9.17) is 23.7 Å². The summed E-state index contributed by atoms with van der Waals surface area (Å²) < 4.78 is 40.8. The average molecular weight is 1070 g/mol. The molecule has 0 fully saturated rings. The first-order chi connectivity index (χ1) is 38.1. The fourth-order valence-electron chi connectivity index (χ4n) is 9.14. The molecular weight excluding hydrogens is 1040 g/mol.